The van der Waals surface area contributed by atoms with E-state index in [1.54, 1.807) is 24.2 Å². The molecular weight excluding hydrogens is 266 g/mol. The molecule has 0 aliphatic carbocycles. The standard InChI is InChI=1S/C16H21N3S/c1-3-13-6-8-14(9-7-13)15(17-4-2)12-20-16-18-10-5-11-19-16/h5-11,15,17H,3-4,12H2,1-2H3. The number of hydrogen-bond acceptors (Lipinski definition) is 4. The molecule has 0 aliphatic rings. The smallest absolute Gasteiger partial charge is 0.187 e. The van der Waals surface area contributed by atoms with Crippen LogP contribution in [0.25, 0.3) is 0 Å². The van der Waals surface area contributed by atoms with E-state index in [4.69, 9.17) is 0 Å². The van der Waals surface area contributed by atoms with Crippen LogP contribution in [0.5, 0.6) is 0 Å². The lowest BCUT2D eigenvalue weighted by Gasteiger charge is -2.18. The molecule has 0 radical (unpaired) electrons. The highest BCUT2D eigenvalue weighted by Crippen LogP contribution is 2.22. The summed E-state index contributed by atoms with van der Waals surface area (Å²) in [5, 5.41) is 4.36. The first kappa shape index (κ1) is 15.0. The van der Waals surface area contributed by atoms with Crippen LogP contribution in [-0.2, 0) is 6.42 Å². The molecule has 3 nitrogen and oxygen atoms in total. The van der Waals surface area contributed by atoms with Gasteiger partial charge >= 0.3 is 0 Å². The topological polar surface area (TPSA) is 37.8 Å². The van der Waals surface area contributed by atoms with Gasteiger partial charge in [-0.3, -0.25) is 0 Å². The van der Waals surface area contributed by atoms with Crippen LogP contribution in [-0.4, -0.2) is 22.3 Å². The van der Waals surface area contributed by atoms with Gasteiger partial charge in [0.2, 0.25) is 0 Å². The Morgan fingerprint density at radius 1 is 1.10 bits per heavy atom. The Balaban J connectivity index is 2.02. The number of nitrogens with one attached hydrogen (secondary N) is 1. The Morgan fingerprint density at radius 3 is 2.40 bits per heavy atom. The Kier molecular flexibility index (Phi) is 6.02. The third-order valence-electron chi connectivity index (χ3n) is 3.16. The largest absolute Gasteiger partial charge is 0.309 e. The average molecular weight is 287 g/mol. The number of nitrogens with zero attached hydrogens (tertiary/aromatic N) is 2. The molecule has 1 aromatic carbocycles. The zero-order valence-corrected chi connectivity index (χ0v) is 12.9. The van der Waals surface area contributed by atoms with Crippen molar-refractivity contribution in [2.45, 2.75) is 31.5 Å². The van der Waals surface area contributed by atoms with Crippen LogP contribution in [0.3, 0.4) is 0 Å². The van der Waals surface area contributed by atoms with Gasteiger partial charge in [-0.2, -0.15) is 0 Å². The number of aryl methyl sites for hydroxylation is 1. The van der Waals surface area contributed by atoms with Gasteiger partial charge in [0.25, 0.3) is 0 Å². The monoisotopic (exact) mass is 287 g/mol. The van der Waals surface area contributed by atoms with Crippen LogP contribution < -0.4 is 5.32 Å². The highest BCUT2D eigenvalue weighted by atomic mass is 32.2. The minimum atomic E-state index is 0.333. The first-order chi connectivity index (χ1) is 9.83. The molecule has 0 spiro atoms. The summed E-state index contributed by atoms with van der Waals surface area (Å²) in [4.78, 5) is 8.51. The molecule has 1 N–H and O–H groups in total. The average Bonchev–Trinajstić information content (AvgIpc) is 2.52. The Labute approximate surface area is 125 Å². The summed E-state index contributed by atoms with van der Waals surface area (Å²) >= 11 is 1.69. The van der Waals surface area contributed by atoms with Crippen LogP contribution in [0.1, 0.15) is 31.0 Å². The van der Waals surface area contributed by atoms with E-state index >= 15 is 0 Å². The number of hydrogen-bond donors (Lipinski definition) is 1. The van der Waals surface area contributed by atoms with E-state index in [1.807, 2.05) is 6.07 Å². The molecule has 1 aromatic heterocycles. The fraction of sp³-hybridized carbons (Fsp3) is 0.375. The van der Waals surface area contributed by atoms with Gasteiger partial charge in [-0.1, -0.05) is 49.9 Å². The lowest BCUT2D eigenvalue weighted by molar-refractivity contribution is 0.605. The zero-order valence-electron chi connectivity index (χ0n) is 12.0. The molecule has 0 aliphatic heterocycles. The van der Waals surface area contributed by atoms with Gasteiger partial charge in [-0.05, 0) is 30.2 Å². The number of benzene rings is 1. The highest BCUT2D eigenvalue weighted by molar-refractivity contribution is 7.99. The van der Waals surface area contributed by atoms with Gasteiger partial charge in [-0.15, -0.1) is 0 Å². The van der Waals surface area contributed by atoms with Crippen molar-refractivity contribution in [3.63, 3.8) is 0 Å². The van der Waals surface area contributed by atoms with Crippen molar-refractivity contribution >= 4 is 11.8 Å². The number of thioether (sulfide) groups is 1. The Hall–Kier alpha value is -1.39. The molecule has 20 heavy (non-hydrogen) atoms. The van der Waals surface area contributed by atoms with Crippen molar-refractivity contribution in [2.75, 3.05) is 12.3 Å². The highest BCUT2D eigenvalue weighted by Gasteiger charge is 2.11. The van der Waals surface area contributed by atoms with Gasteiger partial charge in [0.15, 0.2) is 5.16 Å². The molecule has 0 bridgehead atoms. The quantitative estimate of drug-likeness (QED) is 0.625. The minimum absolute atomic E-state index is 0.333. The molecule has 0 saturated heterocycles. The van der Waals surface area contributed by atoms with Crippen molar-refractivity contribution in [3.05, 3.63) is 53.9 Å². The van der Waals surface area contributed by atoms with Crippen molar-refractivity contribution in [1.29, 1.82) is 0 Å². The normalized spacial score (nSPS) is 12.3. The van der Waals surface area contributed by atoms with Crippen LogP contribution in [0.15, 0.2) is 47.9 Å². The molecule has 106 valence electrons. The van der Waals surface area contributed by atoms with E-state index in [0.29, 0.717) is 6.04 Å². The molecule has 2 aromatic rings. The van der Waals surface area contributed by atoms with Gasteiger partial charge in [0.05, 0.1) is 0 Å². The second kappa shape index (κ2) is 8.02. The fourth-order valence-corrected chi connectivity index (χ4v) is 2.92. The minimum Gasteiger partial charge on any atom is -0.309 e. The molecule has 0 amide bonds. The second-order valence-electron chi connectivity index (χ2n) is 4.55. The molecule has 2 rings (SSSR count). The predicted molar refractivity (Wildman–Crippen MR) is 85.0 cm³/mol. The van der Waals surface area contributed by atoms with Crippen molar-refractivity contribution in [2.24, 2.45) is 0 Å². The van der Waals surface area contributed by atoms with Gasteiger partial charge in [0, 0.05) is 24.2 Å². The molecule has 1 heterocycles. The van der Waals surface area contributed by atoms with Crippen LogP contribution in [0, 0.1) is 0 Å². The molecular formula is C16H21N3S. The Morgan fingerprint density at radius 2 is 1.80 bits per heavy atom. The Bertz CT molecular complexity index is 499. The maximum Gasteiger partial charge on any atom is 0.187 e. The molecule has 0 saturated carbocycles. The summed E-state index contributed by atoms with van der Waals surface area (Å²) < 4.78 is 0. The predicted octanol–water partition coefficient (Wildman–Crippen LogP) is 3.48. The zero-order chi connectivity index (χ0) is 14.2. The summed E-state index contributed by atoms with van der Waals surface area (Å²) in [6, 6.07) is 11.0. The summed E-state index contributed by atoms with van der Waals surface area (Å²) in [5.41, 5.74) is 2.70. The SMILES string of the molecule is CCNC(CSc1ncccn1)c1ccc(CC)cc1. The summed E-state index contributed by atoms with van der Waals surface area (Å²) in [7, 11) is 0. The first-order valence-corrected chi connectivity index (χ1v) is 8.04. The third kappa shape index (κ3) is 4.32. The second-order valence-corrected chi connectivity index (χ2v) is 5.53. The molecule has 4 heteroatoms. The molecule has 1 unspecified atom stereocenters. The molecule has 0 fully saturated rings. The van der Waals surface area contributed by atoms with E-state index < -0.39 is 0 Å². The molecule has 1 atom stereocenters. The summed E-state index contributed by atoms with van der Waals surface area (Å²) in [5.74, 6) is 0.934. The number of aromatic nitrogens is 2. The third-order valence-corrected chi connectivity index (χ3v) is 4.13. The fourth-order valence-electron chi connectivity index (χ4n) is 2.02. The van der Waals surface area contributed by atoms with Crippen LogP contribution in [0.2, 0.25) is 0 Å². The number of rotatable bonds is 7. The lowest BCUT2D eigenvalue weighted by atomic mass is 10.1. The van der Waals surface area contributed by atoms with Gasteiger partial charge in [-0.25, -0.2) is 9.97 Å². The van der Waals surface area contributed by atoms with Crippen molar-refractivity contribution in [1.82, 2.24) is 15.3 Å². The van der Waals surface area contributed by atoms with E-state index in [9.17, 15) is 0 Å². The van der Waals surface area contributed by atoms with E-state index in [-0.39, 0.29) is 0 Å². The van der Waals surface area contributed by atoms with Crippen LogP contribution >= 0.6 is 11.8 Å². The van der Waals surface area contributed by atoms with E-state index in [0.717, 1.165) is 23.9 Å². The maximum atomic E-state index is 4.26. The van der Waals surface area contributed by atoms with E-state index in [1.165, 1.54) is 11.1 Å². The maximum absolute atomic E-state index is 4.26. The summed E-state index contributed by atoms with van der Waals surface area (Å²) in [6.45, 7) is 5.27. The van der Waals surface area contributed by atoms with Crippen molar-refractivity contribution in [3.8, 4) is 0 Å². The van der Waals surface area contributed by atoms with Crippen LogP contribution in [0.4, 0.5) is 0 Å². The van der Waals surface area contributed by atoms with Gasteiger partial charge in [0.1, 0.15) is 0 Å². The first-order valence-electron chi connectivity index (χ1n) is 7.05. The summed E-state index contributed by atoms with van der Waals surface area (Å²) in [6.07, 6.45) is 4.65. The van der Waals surface area contributed by atoms with Crippen molar-refractivity contribution < 1.29 is 0 Å². The van der Waals surface area contributed by atoms with Gasteiger partial charge < -0.3 is 5.32 Å². The van der Waals surface area contributed by atoms with E-state index in [2.05, 4.69) is 53.4 Å². The lowest BCUT2D eigenvalue weighted by Crippen LogP contribution is -2.23.